The molecule has 0 radical (unpaired) electrons. The number of hydrogen-bond donors (Lipinski definition) is 1. The van der Waals surface area contributed by atoms with Gasteiger partial charge in [0.1, 0.15) is 11.5 Å². The van der Waals surface area contributed by atoms with E-state index >= 15 is 0 Å². The van der Waals surface area contributed by atoms with Crippen LogP contribution in [0.2, 0.25) is 0 Å². The average molecular weight is 330 g/mol. The summed E-state index contributed by atoms with van der Waals surface area (Å²) in [5, 5.41) is 9.58. The molecule has 0 spiro atoms. The fourth-order valence-electron chi connectivity index (χ4n) is 2.64. The zero-order valence-electron chi connectivity index (χ0n) is 13.8. The van der Waals surface area contributed by atoms with Crippen LogP contribution in [0.3, 0.4) is 0 Å². The van der Waals surface area contributed by atoms with Crippen LogP contribution >= 0.6 is 0 Å². The Hall–Kier alpha value is -2.43. The van der Waals surface area contributed by atoms with Crippen LogP contribution in [0.15, 0.2) is 30.4 Å². The van der Waals surface area contributed by atoms with Gasteiger partial charge in [-0.1, -0.05) is 25.5 Å². The highest BCUT2D eigenvalue weighted by Crippen LogP contribution is 2.26. The number of allylic oxidation sites excluding steroid dienone is 1. The lowest BCUT2D eigenvalue weighted by Gasteiger charge is -2.15. The predicted octanol–water partition coefficient (Wildman–Crippen LogP) is 3.13. The van der Waals surface area contributed by atoms with Gasteiger partial charge in [-0.05, 0) is 36.8 Å². The molecule has 0 saturated heterocycles. The molecule has 0 amide bonds. The van der Waals surface area contributed by atoms with Gasteiger partial charge < -0.3 is 9.84 Å². The molecule has 0 bridgehead atoms. The number of rotatable bonds is 6. The van der Waals surface area contributed by atoms with E-state index in [1.54, 1.807) is 18.2 Å². The SMILES string of the molecule is CCCCc1ccc(O)cc1OC(=O)C=CC1CCC(=O)C(=O)C1. The number of benzene rings is 1. The maximum Gasteiger partial charge on any atom is 0.335 e. The van der Waals surface area contributed by atoms with E-state index in [0.29, 0.717) is 12.2 Å². The van der Waals surface area contributed by atoms with Gasteiger partial charge in [-0.25, -0.2) is 4.79 Å². The van der Waals surface area contributed by atoms with Gasteiger partial charge in [0.25, 0.3) is 0 Å². The fourth-order valence-corrected chi connectivity index (χ4v) is 2.64. The summed E-state index contributed by atoms with van der Waals surface area (Å²) in [6.45, 7) is 2.07. The molecule has 0 heterocycles. The number of hydrogen-bond acceptors (Lipinski definition) is 5. The normalized spacial score (nSPS) is 18.1. The number of aromatic hydroxyl groups is 1. The molecule has 1 saturated carbocycles. The van der Waals surface area contributed by atoms with Gasteiger partial charge in [0, 0.05) is 25.0 Å². The summed E-state index contributed by atoms with van der Waals surface area (Å²) in [6.07, 6.45) is 6.62. The number of ether oxygens (including phenoxy) is 1. The number of unbranched alkanes of at least 4 members (excludes halogenated alkanes) is 1. The zero-order valence-corrected chi connectivity index (χ0v) is 13.8. The van der Waals surface area contributed by atoms with Crippen molar-refractivity contribution in [2.75, 3.05) is 0 Å². The Morgan fingerprint density at radius 1 is 1.33 bits per heavy atom. The molecular weight excluding hydrogens is 308 g/mol. The highest BCUT2D eigenvalue weighted by atomic mass is 16.5. The van der Waals surface area contributed by atoms with Crippen LogP contribution in [-0.2, 0) is 20.8 Å². The van der Waals surface area contributed by atoms with E-state index in [-0.39, 0.29) is 36.1 Å². The Balaban J connectivity index is 1.99. The van der Waals surface area contributed by atoms with Crippen molar-refractivity contribution in [2.24, 2.45) is 5.92 Å². The first-order valence-corrected chi connectivity index (χ1v) is 8.27. The highest BCUT2D eigenvalue weighted by Gasteiger charge is 2.24. The fraction of sp³-hybridized carbons (Fsp3) is 0.421. The first-order chi connectivity index (χ1) is 11.5. The zero-order chi connectivity index (χ0) is 17.5. The number of phenolic OH excluding ortho intramolecular Hbond substituents is 1. The molecule has 1 aliphatic carbocycles. The summed E-state index contributed by atoms with van der Waals surface area (Å²) < 4.78 is 5.32. The molecule has 24 heavy (non-hydrogen) atoms. The van der Waals surface area contributed by atoms with Crippen LogP contribution in [0.5, 0.6) is 11.5 Å². The maximum absolute atomic E-state index is 12.0. The third-order valence-electron chi connectivity index (χ3n) is 4.07. The molecular formula is C19H22O5. The van der Waals surface area contributed by atoms with Gasteiger partial charge in [0.15, 0.2) is 11.6 Å². The number of Topliss-reactive ketones (excluding diaryl/α,β-unsaturated/α-hetero) is 2. The van der Waals surface area contributed by atoms with Crippen molar-refractivity contribution in [3.05, 3.63) is 35.9 Å². The minimum absolute atomic E-state index is 0.0402. The Morgan fingerprint density at radius 2 is 2.12 bits per heavy atom. The molecule has 1 aromatic rings. The molecule has 1 aromatic carbocycles. The Kier molecular flexibility index (Phi) is 6.29. The minimum Gasteiger partial charge on any atom is -0.508 e. The number of phenols is 1. The standard InChI is InChI=1S/C19H22O5/c1-2-3-4-14-7-8-15(20)12-18(14)24-19(23)10-6-13-5-9-16(21)17(22)11-13/h6-8,10,12-13,20H,2-5,9,11H2,1H3. The maximum atomic E-state index is 12.0. The van der Waals surface area contributed by atoms with E-state index in [9.17, 15) is 19.5 Å². The molecule has 1 fully saturated rings. The molecule has 2 rings (SSSR count). The number of carbonyl (C=O) groups excluding carboxylic acids is 3. The number of aryl methyl sites for hydroxylation is 1. The third kappa shape index (κ3) is 5.05. The Labute approximate surface area is 141 Å². The molecule has 1 unspecified atom stereocenters. The van der Waals surface area contributed by atoms with E-state index in [1.165, 1.54) is 12.1 Å². The number of carbonyl (C=O) groups is 3. The van der Waals surface area contributed by atoms with E-state index in [2.05, 4.69) is 6.92 Å². The van der Waals surface area contributed by atoms with E-state index < -0.39 is 5.97 Å². The Morgan fingerprint density at radius 3 is 2.83 bits per heavy atom. The van der Waals surface area contributed by atoms with Crippen LogP contribution in [0.4, 0.5) is 0 Å². The first kappa shape index (κ1) is 17.9. The second kappa shape index (κ2) is 8.43. The largest absolute Gasteiger partial charge is 0.508 e. The van der Waals surface area contributed by atoms with Crippen molar-refractivity contribution in [3.8, 4) is 11.5 Å². The van der Waals surface area contributed by atoms with Crippen molar-refractivity contribution in [1.82, 2.24) is 0 Å². The van der Waals surface area contributed by atoms with Crippen LogP contribution < -0.4 is 4.74 Å². The monoisotopic (exact) mass is 330 g/mol. The molecule has 1 atom stereocenters. The molecule has 5 heteroatoms. The van der Waals surface area contributed by atoms with Crippen LogP contribution in [0.25, 0.3) is 0 Å². The molecule has 1 N–H and O–H groups in total. The lowest BCUT2D eigenvalue weighted by Crippen LogP contribution is -2.23. The lowest BCUT2D eigenvalue weighted by molar-refractivity contribution is -0.138. The van der Waals surface area contributed by atoms with E-state index in [1.807, 2.05) is 0 Å². The molecule has 0 aromatic heterocycles. The predicted molar refractivity (Wildman–Crippen MR) is 88.8 cm³/mol. The van der Waals surface area contributed by atoms with E-state index in [4.69, 9.17) is 4.74 Å². The lowest BCUT2D eigenvalue weighted by atomic mass is 9.87. The summed E-state index contributed by atoms with van der Waals surface area (Å²) in [4.78, 5) is 34.6. The summed E-state index contributed by atoms with van der Waals surface area (Å²) in [7, 11) is 0. The van der Waals surface area contributed by atoms with E-state index in [0.717, 1.165) is 24.8 Å². The van der Waals surface area contributed by atoms with Crippen LogP contribution in [0.1, 0.15) is 44.6 Å². The van der Waals surface area contributed by atoms with Crippen molar-refractivity contribution < 1.29 is 24.2 Å². The Bertz CT molecular complexity index is 660. The molecule has 0 aliphatic heterocycles. The smallest absolute Gasteiger partial charge is 0.335 e. The van der Waals surface area contributed by atoms with Gasteiger partial charge in [0.2, 0.25) is 0 Å². The average Bonchev–Trinajstić information content (AvgIpc) is 2.55. The van der Waals surface area contributed by atoms with Gasteiger partial charge in [-0.15, -0.1) is 0 Å². The summed E-state index contributed by atoms with van der Waals surface area (Å²) in [5.41, 5.74) is 0.870. The molecule has 5 nitrogen and oxygen atoms in total. The van der Waals surface area contributed by atoms with Crippen LogP contribution in [0, 0.1) is 5.92 Å². The van der Waals surface area contributed by atoms with Gasteiger partial charge >= 0.3 is 5.97 Å². The second-order valence-corrected chi connectivity index (χ2v) is 6.03. The van der Waals surface area contributed by atoms with Crippen molar-refractivity contribution in [2.45, 2.75) is 45.4 Å². The third-order valence-corrected chi connectivity index (χ3v) is 4.07. The van der Waals surface area contributed by atoms with Crippen molar-refractivity contribution >= 4 is 17.5 Å². The molecule has 128 valence electrons. The summed E-state index contributed by atoms with van der Waals surface area (Å²) >= 11 is 0. The van der Waals surface area contributed by atoms with Gasteiger partial charge in [-0.3, -0.25) is 9.59 Å². The summed E-state index contributed by atoms with van der Waals surface area (Å²) in [6, 6.07) is 4.76. The minimum atomic E-state index is -0.553. The quantitative estimate of drug-likeness (QED) is 0.375. The van der Waals surface area contributed by atoms with Crippen molar-refractivity contribution in [3.63, 3.8) is 0 Å². The topological polar surface area (TPSA) is 80.7 Å². The number of esters is 1. The highest BCUT2D eigenvalue weighted by molar-refractivity contribution is 6.37. The first-order valence-electron chi connectivity index (χ1n) is 8.27. The number of ketones is 2. The molecule has 1 aliphatic rings. The summed E-state index contributed by atoms with van der Waals surface area (Å²) in [5.74, 6) is -0.970. The van der Waals surface area contributed by atoms with Gasteiger partial charge in [-0.2, -0.15) is 0 Å². The van der Waals surface area contributed by atoms with Gasteiger partial charge in [0.05, 0.1) is 0 Å². The van der Waals surface area contributed by atoms with Crippen molar-refractivity contribution in [1.29, 1.82) is 0 Å². The van der Waals surface area contributed by atoms with Crippen LogP contribution in [-0.4, -0.2) is 22.6 Å². The second-order valence-electron chi connectivity index (χ2n) is 6.03.